The third kappa shape index (κ3) is 2.42. The molecule has 1 fully saturated rings. The Hall–Kier alpha value is -0.670. The van der Waals surface area contributed by atoms with Gasteiger partial charge in [0.25, 0.3) is 0 Å². The summed E-state index contributed by atoms with van der Waals surface area (Å²) >= 11 is 0. The van der Waals surface area contributed by atoms with Gasteiger partial charge in [-0.05, 0) is 18.5 Å². The molecule has 0 spiro atoms. The summed E-state index contributed by atoms with van der Waals surface area (Å²) in [4.78, 5) is 0. The Morgan fingerprint density at radius 3 is 2.79 bits per heavy atom. The van der Waals surface area contributed by atoms with Gasteiger partial charge in [0.05, 0.1) is 0 Å². The van der Waals surface area contributed by atoms with Crippen LogP contribution in [0.1, 0.15) is 12.0 Å². The molecule has 0 amide bonds. The summed E-state index contributed by atoms with van der Waals surface area (Å²) in [6.07, 6.45) is 1.06. The third-order valence-electron chi connectivity index (χ3n) is 2.54. The highest BCUT2D eigenvalue weighted by molar-refractivity contribution is 7.84. The first-order valence-corrected chi connectivity index (χ1v) is 6.36. The molecule has 0 aromatic heterocycles. The molecule has 1 aromatic rings. The number of hydrogen-bond donors (Lipinski definition) is 1. The van der Waals surface area contributed by atoms with Gasteiger partial charge in [0.2, 0.25) is 0 Å². The minimum Gasteiger partial charge on any atom is -0.315 e. The molecule has 0 aliphatic carbocycles. The molecule has 1 N–H and O–H groups in total. The number of nitrogens with one attached hydrogen (secondary N) is 1. The van der Waals surface area contributed by atoms with Crippen LogP contribution in [0.15, 0.2) is 30.3 Å². The standard InChI is InChI=1S/C11H15NOS/c13-14(11-6-7-12-8-11)9-10-4-2-1-3-5-10/h1-5,11-12H,6-9H2. The maximum absolute atomic E-state index is 11.9. The molecule has 1 aromatic carbocycles. The van der Waals surface area contributed by atoms with Crippen molar-refractivity contribution in [1.82, 2.24) is 5.32 Å². The van der Waals surface area contributed by atoms with E-state index in [0.29, 0.717) is 11.0 Å². The Morgan fingerprint density at radius 2 is 2.14 bits per heavy atom. The minimum absolute atomic E-state index is 0.357. The molecule has 0 radical (unpaired) electrons. The molecule has 2 atom stereocenters. The van der Waals surface area contributed by atoms with Crippen molar-refractivity contribution in [3.8, 4) is 0 Å². The molecule has 0 saturated carbocycles. The molecule has 1 saturated heterocycles. The van der Waals surface area contributed by atoms with Crippen LogP contribution in [0.3, 0.4) is 0 Å². The zero-order chi connectivity index (χ0) is 9.80. The second kappa shape index (κ2) is 4.71. The van der Waals surface area contributed by atoms with E-state index in [1.807, 2.05) is 30.3 Å². The quantitative estimate of drug-likeness (QED) is 0.813. The van der Waals surface area contributed by atoms with E-state index in [4.69, 9.17) is 0 Å². The van der Waals surface area contributed by atoms with Crippen LogP contribution in [-0.2, 0) is 16.6 Å². The van der Waals surface area contributed by atoms with E-state index in [2.05, 4.69) is 5.32 Å². The van der Waals surface area contributed by atoms with Gasteiger partial charge in [-0.3, -0.25) is 4.21 Å². The van der Waals surface area contributed by atoms with E-state index < -0.39 is 10.8 Å². The molecule has 76 valence electrons. The number of rotatable bonds is 3. The van der Waals surface area contributed by atoms with Crippen molar-refractivity contribution in [1.29, 1.82) is 0 Å². The molecule has 2 unspecified atom stereocenters. The minimum atomic E-state index is -0.709. The summed E-state index contributed by atoms with van der Waals surface area (Å²) in [5.74, 6) is 0.702. The monoisotopic (exact) mass is 209 g/mol. The Bertz CT molecular complexity index is 306. The predicted octanol–water partition coefficient (Wildman–Crippen LogP) is 1.30. The summed E-state index contributed by atoms with van der Waals surface area (Å²) in [7, 11) is -0.709. The highest BCUT2D eigenvalue weighted by atomic mass is 32.2. The second-order valence-electron chi connectivity index (χ2n) is 3.63. The average Bonchev–Trinajstić information content (AvgIpc) is 2.72. The van der Waals surface area contributed by atoms with E-state index >= 15 is 0 Å². The molecular formula is C11H15NOS. The highest BCUT2D eigenvalue weighted by Crippen LogP contribution is 2.11. The first-order valence-electron chi connectivity index (χ1n) is 4.98. The molecule has 1 aliphatic rings. The van der Waals surface area contributed by atoms with Crippen LogP contribution in [0, 0.1) is 0 Å². The average molecular weight is 209 g/mol. The maximum Gasteiger partial charge on any atom is 0.0488 e. The topological polar surface area (TPSA) is 29.1 Å². The van der Waals surface area contributed by atoms with E-state index in [-0.39, 0.29) is 0 Å². The van der Waals surface area contributed by atoms with Gasteiger partial charge in [-0.2, -0.15) is 0 Å². The molecule has 2 nitrogen and oxygen atoms in total. The van der Waals surface area contributed by atoms with Gasteiger partial charge >= 0.3 is 0 Å². The van der Waals surface area contributed by atoms with Crippen molar-refractivity contribution in [2.75, 3.05) is 13.1 Å². The van der Waals surface area contributed by atoms with Crippen molar-refractivity contribution in [2.45, 2.75) is 17.4 Å². The lowest BCUT2D eigenvalue weighted by Gasteiger charge is -2.07. The van der Waals surface area contributed by atoms with Crippen molar-refractivity contribution < 1.29 is 4.21 Å². The van der Waals surface area contributed by atoms with E-state index in [1.165, 1.54) is 5.56 Å². The van der Waals surface area contributed by atoms with Gasteiger partial charge < -0.3 is 5.32 Å². The lowest BCUT2D eigenvalue weighted by atomic mass is 10.2. The fourth-order valence-electron chi connectivity index (χ4n) is 1.71. The summed E-state index contributed by atoms with van der Waals surface area (Å²) in [6.45, 7) is 1.94. The van der Waals surface area contributed by atoms with Gasteiger partial charge in [-0.1, -0.05) is 30.3 Å². The Kier molecular flexibility index (Phi) is 3.32. The van der Waals surface area contributed by atoms with Crippen LogP contribution >= 0.6 is 0 Å². The summed E-state index contributed by atoms with van der Waals surface area (Å²) < 4.78 is 11.9. The van der Waals surface area contributed by atoms with Crippen LogP contribution in [0.4, 0.5) is 0 Å². The predicted molar refractivity (Wildman–Crippen MR) is 59.6 cm³/mol. The van der Waals surface area contributed by atoms with Crippen LogP contribution in [0.2, 0.25) is 0 Å². The molecule has 2 rings (SSSR count). The van der Waals surface area contributed by atoms with E-state index in [1.54, 1.807) is 0 Å². The first kappa shape index (κ1) is 9.87. The van der Waals surface area contributed by atoms with Crippen LogP contribution in [-0.4, -0.2) is 22.5 Å². The molecule has 3 heteroatoms. The Labute approximate surface area is 87.2 Å². The van der Waals surface area contributed by atoms with Crippen LogP contribution < -0.4 is 5.32 Å². The lowest BCUT2D eigenvalue weighted by Crippen LogP contribution is -2.19. The molecule has 1 heterocycles. The van der Waals surface area contributed by atoms with Gasteiger partial charge in [0.15, 0.2) is 0 Å². The van der Waals surface area contributed by atoms with Crippen molar-refractivity contribution in [2.24, 2.45) is 0 Å². The largest absolute Gasteiger partial charge is 0.315 e. The Morgan fingerprint density at radius 1 is 1.36 bits per heavy atom. The molecule has 14 heavy (non-hydrogen) atoms. The summed E-state index contributed by atoms with van der Waals surface area (Å²) in [6, 6.07) is 10.1. The first-order chi connectivity index (χ1) is 6.86. The second-order valence-corrected chi connectivity index (χ2v) is 5.34. The van der Waals surface area contributed by atoms with Gasteiger partial charge in [0, 0.05) is 28.3 Å². The smallest absolute Gasteiger partial charge is 0.0488 e. The number of hydrogen-bond acceptors (Lipinski definition) is 2. The van der Waals surface area contributed by atoms with Crippen molar-refractivity contribution in [3.63, 3.8) is 0 Å². The maximum atomic E-state index is 11.9. The van der Waals surface area contributed by atoms with Crippen molar-refractivity contribution in [3.05, 3.63) is 35.9 Å². The molecule has 0 bridgehead atoms. The highest BCUT2D eigenvalue weighted by Gasteiger charge is 2.20. The van der Waals surface area contributed by atoms with Crippen LogP contribution in [0.5, 0.6) is 0 Å². The number of benzene rings is 1. The normalized spacial score (nSPS) is 23.6. The third-order valence-corrected chi connectivity index (χ3v) is 4.30. The fraction of sp³-hybridized carbons (Fsp3) is 0.455. The Balaban J connectivity index is 1.94. The zero-order valence-electron chi connectivity index (χ0n) is 8.11. The fourth-order valence-corrected chi connectivity index (χ4v) is 3.15. The summed E-state index contributed by atoms with van der Waals surface area (Å²) in [5, 5.41) is 3.60. The van der Waals surface area contributed by atoms with Crippen molar-refractivity contribution >= 4 is 10.8 Å². The van der Waals surface area contributed by atoms with Gasteiger partial charge in [-0.25, -0.2) is 0 Å². The van der Waals surface area contributed by atoms with E-state index in [9.17, 15) is 4.21 Å². The molecule has 1 aliphatic heterocycles. The van der Waals surface area contributed by atoms with Gasteiger partial charge in [-0.15, -0.1) is 0 Å². The molecular weight excluding hydrogens is 194 g/mol. The SMILES string of the molecule is O=S(Cc1ccccc1)C1CCNC1. The lowest BCUT2D eigenvalue weighted by molar-refractivity contribution is 0.672. The van der Waals surface area contributed by atoms with Gasteiger partial charge in [0.1, 0.15) is 0 Å². The summed E-state index contributed by atoms with van der Waals surface area (Å²) in [5.41, 5.74) is 1.18. The van der Waals surface area contributed by atoms with E-state index in [0.717, 1.165) is 19.5 Å². The zero-order valence-corrected chi connectivity index (χ0v) is 8.93. The van der Waals surface area contributed by atoms with Crippen LogP contribution in [0.25, 0.3) is 0 Å².